The Morgan fingerprint density at radius 3 is 2.37 bits per heavy atom. The van der Waals surface area contributed by atoms with Gasteiger partial charge in [0.05, 0.1) is 28.0 Å². The number of amides is 1. The van der Waals surface area contributed by atoms with Crippen LogP contribution in [0.1, 0.15) is 69.2 Å². The molecule has 10 heteroatoms. The highest BCUT2D eigenvalue weighted by Crippen LogP contribution is 2.66. The second-order valence-electron chi connectivity index (χ2n) is 12.5. The Labute approximate surface area is 234 Å². The van der Waals surface area contributed by atoms with Gasteiger partial charge in [-0.05, 0) is 85.8 Å². The summed E-state index contributed by atoms with van der Waals surface area (Å²) in [6.45, 7) is 4.66. The van der Waals surface area contributed by atoms with Gasteiger partial charge in [0.15, 0.2) is 0 Å². The highest BCUT2D eigenvalue weighted by atomic mass is 35.5. The number of aromatic nitrogens is 2. The SMILES string of the molecule is CC(C)(C(=O)Nc1ncnc2c1CCN(S(=O)(=O)Cc1ccc(Cl)c(Cl)c1)C2)C12CC3CC(CC(C3)C1)C2. The molecule has 4 saturated carbocycles. The van der Waals surface area contributed by atoms with E-state index in [9.17, 15) is 13.2 Å². The van der Waals surface area contributed by atoms with Crippen molar-refractivity contribution < 1.29 is 13.2 Å². The maximum Gasteiger partial charge on any atom is 0.231 e. The van der Waals surface area contributed by atoms with E-state index in [0.29, 0.717) is 40.1 Å². The molecule has 0 unspecified atom stereocenters. The zero-order valence-electron chi connectivity index (χ0n) is 21.8. The molecule has 0 atom stereocenters. The third-order valence-corrected chi connectivity index (χ3v) is 12.4. The fourth-order valence-electron chi connectivity index (χ4n) is 7.99. The molecule has 0 radical (unpaired) electrons. The van der Waals surface area contributed by atoms with Gasteiger partial charge in [-0.2, -0.15) is 4.31 Å². The Morgan fingerprint density at radius 2 is 1.74 bits per heavy atom. The van der Waals surface area contributed by atoms with Gasteiger partial charge in [0.2, 0.25) is 15.9 Å². The monoisotopic (exact) mass is 576 g/mol. The van der Waals surface area contributed by atoms with Gasteiger partial charge in [0.25, 0.3) is 0 Å². The minimum atomic E-state index is -3.61. The first-order valence-electron chi connectivity index (χ1n) is 13.5. The second kappa shape index (κ2) is 9.43. The van der Waals surface area contributed by atoms with Crippen molar-refractivity contribution in [1.82, 2.24) is 14.3 Å². The average molecular weight is 578 g/mol. The number of sulfonamides is 1. The van der Waals surface area contributed by atoms with Crippen molar-refractivity contribution in [2.24, 2.45) is 28.6 Å². The lowest BCUT2D eigenvalue weighted by atomic mass is 9.43. The van der Waals surface area contributed by atoms with Crippen molar-refractivity contribution in [1.29, 1.82) is 0 Å². The molecule has 1 amide bonds. The molecule has 1 aromatic heterocycles. The number of hydrogen-bond acceptors (Lipinski definition) is 5. The maximum absolute atomic E-state index is 13.8. The highest BCUT2D eigenvalue weighted by Gasteiger charge is 2.59. The average Bonchev–Trinajstić information content (AvgIpc) is 2.85. The largest absolute Gasteiger partial charge is 0.310 e. The third kappa shape index (κ3) is 4.55. The van der Waals surface area contributed by atoms with E-state index in [-0.39, 0.29) is 23.6 Å². The lowest BCUT2D eigenvalue weighted by Gasteiger charge is -2.61. The van der Waals surface area contributed by atoms with Crippen LogP contribution in [0.4, 0.5) is 5.82 Å². The van der Waals surface area contributed by atoms with Crippen molar-refractivity contribution in [3.63, 3.8) is 0 Å². The van der Waals surface area contributed by atoms with Gasteiger partial charge in [-0.1, -0.05) is 43.1 Å². The van der Waals surface area contributed by atoms with Crippen LogP contribution in [-0.4, -0.2) is 35.1 Å². The van der Waals surface area contributed by atoms with E-state index in [1.165, 1.54) is 29.9 Å². The van der Waals surface area contributed by atoms with Crippen molar-refractivity contribution >= 4 is 45.0 Å². The number of halogens is 2. The molecule has 2 aromatic rings. The lowest BCUT2D eigenvalue weighted by Crippen LogP contribution is -2.56. The van der Waals surface area contributed by atoms with E-state index in [4.69, 9.17) is 23.2 Å². The summed E-state index contributed by atoms with van der Waals surface area (Å²) in [5, 5.41) is 3.87. The molecule has 1 aliphatic heterocycles. The van der Waals surface area contributed by atoms with Gasteiger partial charge in [-0.15, -0.1) is 0 Å². The van der Waals surface area contributed by atoms with Crippen LogP contribution in [0.3, 0.4) is 0 Å². The molecule has 7 nitrogen and oxygen atoms in total. The summed E-state index contributed by atoms with van der Waals surface area (Å²) in [4.78, 5) is 22.6. The third-order valence-electron chi connectivity index (χ3n) is 9.86. The number of nitrogens with one attached hydrogen (secondary N) is 1. The minimum Gasteiger partial charge on any atom is -0.310 e. The molecule has 2 heterocycles. The predicted molar refractivity (Wildman–Crippen MR) is 148 cm³/mol. The summed E-state index contributed by atoms with van der Waals surface area (Å²) in [6, 6.07) is 4.86. The summed E-state index contributed by atoms with van der Waals surface area (Å²) < 4.78 is 27.8. The summed E-state index contributed by atoms with van der Waals surface area (Å²) in [5.74, 6) is 2.63. The fraction of sp³-hybridized carbons (Fsp3) is 0.607. The highest BCUT2D eigenvalue weighted by molar-refractivity contribution is 7.88. The van der Waals surface area contributed by atoms with Gasteiger partial charge in [0.1, 0.15) is 12.1 Å². The number of carbonyl (C=O) groups is 1. The normalized spacial score (nSPS) is 28.8. The van der Waals surface area contributed by atoms with Crippen LogP contribution < -0.4 is 5.32 Å². The first-order chi connectivity index (χ1) is 18.0. The van der Waals surface area contributed by atoms with Crippen LogP contribution in [0.25, 0.3) is 0 Å². The van der Waals surface area contributed by atoms with E-state index >= 15 is 0 Å². The Kier molecular flexibility index (Phi) is 6.57. The number of benzene rings is 1. The zero-order valence-corrected chi connectivity index (χ0v) is 24.2. The van der Waals surface area contributed by atoms with Crippen molar-refractivity contribution in [2.45, 2.75) is 71.1 Å². The van der Waals surface area contributed by atoms with Crippen LogP contribution in [0.5, 0.6) is 0 Å². The van der Waals surface area contributed by atoms with Crippen molar-refractivity contribution in [2.75, 3.05) is 11.9 Å². The lowest BCUT2D eigenvalue weighted by molar-refractivity contribution is -0.151. The van der Waals surface area contributed by atoms with E-state index in [2.05, 4.69) is 29.1 Å². The molecular weight excluding hydrogens is 543 g/mol. The van der Waals surface area contributed by atoms with E-state index in [0.717, 1.165) is 42.6 Å². The predicted octanol–water partition coefficient (Wildman–Crippen LogP) is 5.85. The van der Waals surface area contributed by atoms with Gasteiger partial charge < -0.3 is 5.32 Å². The molecule has 1 aromatic carbocycles. The van der Waals surface area contributed by atoms with E-state index in [1.54, 1.807) is 18.2 Å². The van der Waals surface area contributed by atoms with Crippen molar-refractivity contribution in [3.05, 3.63) is 51.4 Å². The Morgan fingerprint density at radius 1 is 1.08 bits per heavy atom. The molecule has 5 aliphatic rings. The first kappa shape index (κ1) is 26.5. The Bertz CT molecular complexity index is 1360. The van der Waals surface area contributed by atoms with Gasteiger partial charge in [-0.25, -0.2) is 18.4 Å². The van der Waals surface area contributed by atoms with Crippen LogP contribution in [-0.2, 0) is 33.5 Å². The molecule has 0 spiro atoms. The number of rotatable bonds is 6. The topological polar surface area (TPSA) is 92.3 Å². The summed E-state index contributed by atoms with van der Waals surface area (Å²) >= 11 is 12.1. The quantitative estimate of drug-likeness (QED) is 0.465. The van der Waals surface area contributed by atoms with Crippen molar-refractivity contribution in [3.8, 4) is 0 Å². The van der Waals surface area contributed by atoms with Crippen LogP contribution in [0, 0.1) is 28.6 Å². The smallest absolute Gasteiger partial charge is 0.231 e. The summed E-state index contributed by atoms with van der Waals surface area (Å²) in [5.41, 5.74) is 1.57. The fourth-order valence-corrected chi connectivity index (χ4v) is 9.78. The van der Waals surface area contributed by atoms with Gasteiger partial charge >= 0.3 is 0 Å². The molecule has 7 rings (SSSR count). The Hall–Kier alpha value is -1.74. The molecule has 4 aliphatic carbocycles. The molecular formula is C28H34Cl2N4O3S. The minimum absolute atomic E-state index is 0.00928. The van der Waals surface area contributed by atoms with E-state index in [1.807, 2.05) is 0 Å². The standard InChI is InChI=1S/C28H34Cl2N4O3S/c1-27(2,28-11-18-7-19(12-28)9-20(8-18)13-28)26(35)33-25-21-5-6-34(14-24(21)31-16-32-25)38(36,37)15-17-3-4-22(29)23(30)10-17/h3-4,10,16,18-20H,5-9,11-15H2,1-2H3,(H,31,32,33,35). The van der Waals surface area contributed by atoms with Crippen LogP contribution in [0.15, 0.2) is 24.5 Å². The molecule has 4 fully saturated rings. The maximum atomic E-state index is 13.8. The number of nitrogens with zero attached hydrogens (tertiary/aromatic N) is 3. The summed E-state index contributed by atoms with van der Waals surface area (Å²) in [7, 11) is -3.61. The number of fused-ring (bicyclic) bond motifs is 1. The number of hydrogen-bond donors (Lipinski definition) is 1. The van der Waals surface area contributed by atoms with Crippen LogP contribution >= 0.6 is 23.2 Å². The number of anilines is 1. The molecule has 38 heavy (non-hydrogen) atoms. The number of carbonyl (C=O) groups excluding carboxylic acids is 1. The van der Waals surface area contributed by atoms with E-state index < -0.39 is 15.4 Å². The zero-order chi connectivity index (χ0) is 26.9. The Balaban J connectivity index is 1.18. The first-order valence-corrected chi connectivity index (χ1v) is 15.9. The molecule has 4 bridgehead atoms. The van der Waals surface area contributed by atoms with Crippen LogP contribution in [0.2, 0.25) is 10.0 Å². The molecule has 0 saturated heterocycles. The second-order valence-corrected chi connectivity index (χ2v) is 15.3. The van der Waals surface area contributed by atoms with Gasteiger partial charge in [-0.3, -0.25) is 4.79 Å². The summed E-state index contributed by atoms with van der Waals surface area (Å²) in [6.07, 6.45) is 9.29. The van der Waals surface area contributed by atoms with Gasteiger partial charge in [0, 0.05) is 17.5 Å². The molecule has 1 N–H and O–H groups in total. The molecule has 204 valence electrons.